The minimum Gasteiger partial charge on any atom is -0.467 e. The van der Waals surface area contributed by atoms with Gasteiger partial charge in [-0.05, 0) is 35.7 Å². The Kier molecular flexibility index (Phi) is 6.81. The van der Waals surface area contributed by atoms with Crippen molar-refractivity contribution in [1.82, 2.24) is 14.5 Å². The largest absolute Gasteiger partial charge is 0.467 e. The highest BCUT2D eigenvalue weighted by Gasteiger charge is 2.19. The Labute approximate surface area is 174 Å². The van der Waals surface area contributed by atoms with Gasteiger partial charge in [-0.25, -0.2) is 4.98 Å². The molecule has 0 atom stereocenters. The van der Waals surface area contributed by atoms with Crippen molar-refractivity contribution in [3.63, 3.8) is 0 Å². The molecule has 0 saturated carbocycles. The minimum absolute atomic E-state index is 0.0745. The fourth-order valence-corrected chi connectivity index (χ4v) is 3.41. The van der Waals surface area contributed by atoms with Gasteiger partial charge in [-0.2, -0.15) is 0 Å². The number of carbonyl (C=O) groups is 1. The second kappa shape index (κ2) is 9.30. The summed E-state index contributed by atoms with van der Waals surface area (Å²) < 4.78 is 7.43. The number of halogens is 2. The summed E-state index contributed by atoms with van der Waals surface area (Å²) in [7, 11) is 0. The second-order valence-electron chi connectivity index (χ2n) is 7.13. The molecule has 1 aromatic carbocycles. The van der Waals surface area contributed by atoms with Gasteiger partial charge in [-0.15, -0.1) is 0 Å². The summed E-state index contributed by atoms with van der Waals surface area (Å²) in [5.41, 5.74) is 0.941. The van der Waals surface area contributed by atoms with Crippen LogP contribution >= 0.6 is 23.2 Å². The average Bonchev–Trinajstić information content (AvgIpc) is 3.28. The maximum absolute atomic E-state index is 12.8. The van der Waals surface area contributed by atoms with E-state index >= 15 is 0 Å². The van der Waals surface area contributed by atoms with Crippen molar-refractivity contribution in [2.75, 3.05) is 0 Å². The van der Waals surface area contributed by atoms with Crippen molar-refractivity contribution in [3.05, 3.63) is 76.2 Å². The van der Waals surface area contributed by atoms with E-state index in [9.17, 15) is 4.79 Å². The average molecular weight is 420 g/mol. The molecule has 5 nitrogen and oxygen atoms in total. The molecule has 0 aliphatic carbocycles. The third kappa shape index (κ3) is 5.40. The molecular weight excluding hydrogens is 397 g/mol. The topological polar surface area (TPSA) is 51.3 Å². The highest BCUT2D eigenvalue weighted by atomic mass is 35.5. The van der Waals surface area contributed by atoms with Gasteiger partial charge in [-0.3, -0.25) is 4.79 Å². The number of hydrogen-bond acceptors (Lipinski definition) is 3. The number of nitrogens with zero attached hydrogens (tertiary/aromatic N) is 3. The van der Waals surface area contributed by atoms with E-state index in [0.29, 0.717) is 36.1 Å². The van der Waals surface area contributed by atoms with Gasteiger partial charge in [0.2, 0.25) is 5.91 Å². The molecule has 7 heteroatoms. The Bertz CT molecular complexity index is 920. The van der Waals surface area contributed by atoms with Crippen LogP contribution in [0.2, 0.25) is 10.0 Å². The first-order valence-corrected chi connectivity index (χ1v) is 9.92. The van der Waals surface area contributed by atoms with Crippen molar-refractivity contribution in [2.24, 2.45) is 5.92 Å². The molecule has 0 N–H and O–H groups in total. The van der Waals surface area contributed by atoms with E-state index < -0.39 is 0 Å². The molecule has 0 unspecified atom stereocenters. The van der Waals surface area contributed by atoms with Crippen LogP contribution in [0.3, 0.4) is 0 Å². The third-order valence-corrected chi connectivity index (χ3v) is 4.94. The maximum Gasteiger partial charge on any atom is 0.223 e. The number of carbonyl (C=O) groups excluding carboxylic acids is 1. The fraction of sp³-hybridized carbons (Fsp3) is 0.333. The Balaban J connectivity index is 1.79. The second-order valence-corrected chi connectivity index (χ2v) is 7.98. The monoisotopic (exact) mass is 419 g/mol. The molecule has 2 heterocycles. The van der Waals surface area contributed by atoms with Gasteiger partial charge in [0.05, 0.1) is 25.9 Å². The van der Waals surface area contributed by atoms with Gasteiger partial charge in [0, 0.05) is 28.9 Å². The van der Waals surface area contributed by atoms with E-state index in [0.717, 1.165) is 17.1 Å². The van der Waals surface area contributed by atoms with Crippen LogP contribution in [0.1, 0.15) is 37.4 Å². The van der Waals surface area contributed by atoms with Crippen LogP contribution in [-0.2, 0) is 24.4 Å². The zero-order valence-electron chi connectivity index (χ0n) is 15.9. The Morgan fingerprint density at radius 1 is 1.25 bits per heavy atom. The first-order chi connectivity index (χ1) is 13.4. The van der Waals surface area contributed by atoms with Crippen molar-refractivity contribution in [2.45, 2.75) is 39.9 Å². The molecular formula is C21H23Cl2N3O2. The zero-order chi connectivity index (χ0) is 20.1. The number of rotatable bonds is 8. The van der Waals surface area contributed by atoms with Crippen LogP contribution in [0.25, 0.3) is 0 Å². The van der Waals surface area contributed by atoms with Crippen LogP contribution in [0.4, 0.5) is 0 Å². The molecule has 3 aromatic rings. The molecule has 0 bridgehead atoms. The van der Waals surface area contributed by atoms with E-state index in [1.165, 1.54) is 0 Å². The van der Waals surface area contributed by atoms with Gasteiger partial charge in [0.15, 0.2) is 0 Å². The van der Waals surface area contributed by atoms with Gasteiger partial charge >= 0.3 is 0 Å². The third-order valence-electron chi connectivity index (χ3n) is 4.35. The zero-order valence-corrected chi connectivity index (χ0v) is 17.5. The molecule has 0 aliphatic rings. The Morgan fingerprint density at radius 3 is 2.75 bits per heavy atom. The van der Waals surface area contributed by atoms with Crippen LogP contribution in [-0.4, -0.2) is 20.4 Å². The van der Waals surface area contributed by atoms with Crippen LogP contribution < -0.4 is 0 Å². The predicted molar refractivity (Wildman–Crippen MR) is 110 cm³/mol. The summed E-state index contributed by atoms with van der Waals surface area (Å²) in [6.07, 6.45) is 5.71. The Morgan fingerprint density at radius 2 is 2.07 bits per heavy atom. The van der Waals surface area contributed by atoms with Gasteiger partial charge < -0.3 is 13.9 Å². The lowest BCUT2D eigenvalue weighted by Crippen LogP contribution is -2.32. The fourth-order valence-electron chi connectivity index (χ4n) is 2.94. The maximum atomic E-state index is 12.8. The SMILES string of the molecule is CC(C)CC(=O)N(Cc1ccco1)Cc1nccn1Cc1ccc(Cl)cc1Cl. The van der Waals surface area contributed by atoms with Gasteiger partial charge in [0.1, 0.15) is 11.6 Å². The van der Waals surface area contributed by atoms with Crippen molar-refractivity contribution < 1.29 is 9.21 Å². The van der Waals surface area contributed by atoms with Crippen molar-refractivity contribution >= 4 is 29.1 Å². The molecule has 148 valence electrons. The summed E-state index contributed by atoms with van der Waals surface area (Å²) in [5.74, 6) is 1.88. The van der Waals surface area contributed by atoms with Gasteiger partial charge in [0.25, 0.3) is 0 Å². The molecule has 0 aliphatic heterocycles. The molecule has 0 fully saturated rings. The smallest absolute Gasteiger partial charge is 0.223 e. The van der Waals surface area contributed by atoms with E-state index in [1.54, 1.807) is 23.4 Å². The lowest BCUT2D eigenvalue weighted by molar-refractivity contribution is -0.133. The number of imidazole rings is 1. The van der Waals surface area contributed by atoms with Gasteiger partial charge in [-0.1, -0.05) is 43.1 Å². The summed E-state index contributed by atoms with van der Waals surface area (Å²) in [6, 6.07) is 9.14. The number of hydrogen-bond donors (Lipinski definition) is 0. The Hall–Kier alpha value is -2.24. The standard InChI is InChI=1S/C21H23Cl2N3O2/c1-15(2)10-21(27)26(13-18-4-3-9-28-18)14-20-24-7-8-25(20)12-16-5-6-17(22)11-19(16)23/h3-9,11,15H,10,12-14H2,1-2H3. The number of aromatic nitrogens is 2. The highest BCUT2D eigenvalue weighted by molar-refractivity contribution is 6.35. The first kappa shape index (κ1) is 20.5. The van der Waals surface area contributed by atoms with Crippen molar-refractivity contribution in [1.29, 1.82) is 0 Å². The van der Waals surface area contributed by atoms with E-state index in [1.807, 2.05) is 48.9 Å². The molecule has 1 amide bonds. The van der Waals surface area contributed by atoms with E-state index in [-0.39, 0.29) is 11.8 Å². The molecule has 28 heavy (non-hydrogen) atoms. The lowest BCUT2D eigenvalue weighted by atomic mass is 10.1. The van der Waals surface area contributed by atoms with E-state index in [2.05, 4.69) is 4.98 Å². The molecule has 2 aromatic heterocycles. The number of benzene rings is 1. The molecule has 3 rings (SSSR count). The number of amides is 1. The number of furan rings is 1. The summed E-state index contributed by atoms with van der Waals surface area (Å²) in [4.78, 5) is 19.0. The molecule has 0 spiro atoms. The summed E-state index contributed by atoms with van der Waals surface area (Å²) >= 11 is 12.3. The van der Waals surface area contributed by atoms with Crippen LogP contribution in [0, 0.1) is 5.92 Å². The normalized spacial score (nSPS) is 11.2. The minimum atomic E-state index is 0.0745. The molecule has 0 radical (unpaired) electrons. The summed E-state index contributed by atoms with van der Waals surface area (Å²) in [5, 5.41) is 1.21. The van der Waals surface area contributed by atoms with E-state index in [4.69, 9.17) is 27.6 Å². The lowest BCUT2D eigenvalue weighted by Gasteiger charge is -2.23. The highest BCUT2D eigenvalue weighted by Crippen LogP contribution is 2.22. The first-order valence-electron chi connectivity index (χ1n) is 9.16. The van der Waals surface area contributed by atoms with Crippen LogP contribution in [0.15, 0.2) is 53.4 Å². The molecule has 0 saturated heterocycles. The quantitative estimate of drug-likeness (QED) is 0.490. The van der Waals surface area contributed by atoms with Crippen LogP contribution in [0.5, 0.6) is 0 Å². The predicted octanol–water partition coefficient (Wildman–Crippen LogP) is 5.41. The summed E-state index contributed by atoms with van der Waals surface area (Å²) in [6.45, 7) is 5.43. The van der Waals surface area contributed by atoms with Crippen molar-refractivity contribution in [3.8, 4) is 0 Å².